The van der Waals surface area contributed by atoms with Crippen molar-refractivity contribution in [3.8, 4) is 10.6 Å². The largest absolute Gasteiger partial charge is 0.316 e. The molecule has 0 saturated carbocycles. The second-order valence-corrected chi connectivity index (χ2v) is 7.17. The Hall–Kier alpha value is -2.03. The number of hydrogen-bond acceptors (Lipinski definition) is 7. The molecule has 3 heterocycles. The van der Waals surface area contributed by atoms with Crippen molar-refractivity contribution in [2.45, 2.75) is 6.92 Å². The highest BCUT2D eigenvalue weighted by Gasteiger charge is 2.14. The predicted octanol–water partition coefficient (Wildman–Crippen LogP) is 4.34. The van der Waals surface area contributed by atoms with Crippen LogP contribution in [0.5, 0.6) is 0 Å². The van der Waals surface area contributed by atoms with Gasteiger partial charge in [-0.25, -0.2) is 4.98 Å². The molecule has 0 spiro atoms. The molecule has 0 unspecified atom stereocenters. The Kier molecular flexibility index (Phi) is 4.62. The molecule has 0 atom stereocenters. The van der Waals surface area contributed by atoms with Crippen molar-refractivity contribution < 1.29 is 4.79 Å². The first-order valence-electron chi connectivity index (χ1n) is 6.37. The lowest BCUT2D eigenvalue weighted by Crippen LogP contribution is -2.04. The monoisotopic (exact) mass is 348 g/mol. The zero-order valence-corrected chi connectivity index (χ0v) is 14.0. The summed E-state index contributed by atoms with van der Waals surface area (Å²) in [5.74, 6) is -0.116. The van der Waals surface area contributed by atoms with Crippen molar-refractivity contribution in [1.29, 1.82) is 0 Å². The third-order valence-electron chi connectivity index (χ3n) is 2.57. The van der Waals surface area contributed by atoms with Crippen LogP contribution < -0.4 is 10.7 Å². The van der Waals surface area contributed by atoms with Crippen molar-refractivity contribution in [1.82, 2.24) is 4.98 Å². The number of hydrazone groups is 1. The van der Waals surface area contributed by atoms with Crippen LogP contribution in [0.3, 0.4) is 0 Å². The summed E-state index contributed by atoms with van der Waals surface area (Å²) in [6.45, 7) is 1.49. The van der Waals surface area contributed by atoms with Gasteiger partial charge in [-0.15, -0.1) is 22.7 Å². The van der Waals surface area contributed by atoms with E-state index in [4.69, 9.17) is 0 Å². The Morgan fingerprint density at radius 2 is 2.09 bits per heavy atom. The van der Waals surface area contributed by atoms with Crippen LogP contribution in [0.2, 0.25) is 0 Å². The van der Waals surface area contributed by atoms with Gasteiger partial charge in [-0.1, -0.05) is 23.5 Å². The van der Waals surface area contributed by atoms with Gasteiger partial charge in [0, 0.05) is 11.8 Å². The number of carbonyl (C=O) groups is 1. The molecule has 3 rings (SSSR count). The van der Waals surface area contributed by atoms with E-state index in [1.165, 1.54) is 18.3 Å². The molecule has 0 radical (unpaired) electrons. The lowest BCUT2D eigenvalue weighted by molar-refractivity contribution is -0.114. The standard InChI is InChI=1S/C14H12N4OS3/c1-9(19)16-13-12(11-5-3-7-21-11)17-14(22-13)18-15-8-10-4-2-6-20-10/h2-8H,1H3,(H,16,19)(H,17,18)/b15-8-. The molecule has 0 fully saturated rings. The maximum Gasteiger partial charge on any atom is 0.221 e. The molecule has 0 aromatic carbocycles. The van der Waals surface area contributed by atoms with Crippen molar-refractivity contribution >= 4 is 56.3 Å². The number of amides is 1. The summed E-state index contributed by atoms with van der Waals surface area (Å²) in [5.41, 5.74) is 3.68. The maximum absolute atomic E-state index is 11.3. The molecule has 22 heavy (non-hydrogen) atoms. The molecule has 3 aromatic heterocycles. The van der Waals surface area contributed by atoms with Crippen LogP contribution in [0.1, 0.15) is 11.8 Å². The van der Waals surface area contributed by atoms with E-state index in [9.17, 15) is 4.79 Å². The predicted molar refractivity (Wildman–Crippen MR) is 95.3 cm³/mol. The Bertz CT molecular complexity index is 775. The highest BCUT2D eigenvalue weighted by Crippen LogP contribution is 2.37. The van der Waals surface area contributed by atoms with Gasteiger partial charge in [-0.2, -0.15) is 5.10 Å². The van der Waals surface area contributed by atoms with Gasteiger partial charge in [-0.05, 0) is 22.9 Å². The van der Waals surface area contributed by atoms with E-state index in [0.29, 0.717) is 5.13 Å². The topological polar surface area (TPSA) is 66.4 Å². The first-order valence-corrected chi connectivity index (χ1v) is 8.95. The van der Waals surface area contributed by atoms with E-state index in [0.717, 1.165) is 20.4 Å². The van der Waals surface area contributed by atoms with Crippen molar-refractivity contribution in [2.75, 3.05) is 10.7 Å². The number of rotatable bonds is 5. The van der Waals surface area contributed by atoms with Gasteiger partial charge in [0.05, 0.1) is 11.1 Å². The van der Waals surface area contributed by atoms with Crippen LogP contribution in [-0.2, 0) is 4.79 Å². The number of carbonyl (C=O) groups excluding carboxylic acids is 1. The fourth-order valence-corrected chi connectivity index (χ4v) is 3.95. The lowest BCUT2D eigenvalue weighted by atomic mass is 10.3. The van der Waals surface area contributed by atoms with E-state index < -0.39 is 0 Å². The Morgan fingerprint density at radius 1 is 1.27 bits per heavy atom. The van der Waals surface area contributed by atoms with Gasteiger partial charge in [0.1, 0.15) is 10.7 Å². The zero-order valence-electron chi connectivity index (χ0n) is 11.6. The molecule has 0 aliphatic heterocycles. The maximum atomic E-state index is 11.3. The van der Waals surface area contributed by atoms with Crippen LogP contribution >= 0.6 is 34.0 Å². The normalized spacial score (nSPS) is 11.0. The highest BCUT2D eigenvalue weighted by atomic mass is 32.1. The molecule has 0 aliphatic carbocycles. The van der Waals surface area contributed by atoms with E-state index in [1.807, 2.05) is 35.0 Å². The molecule has 2 N–H and O–H groups in total. The number of nitrogens with zero attached hydrogens (tertiary/aromatic N) is 2. The minimum Gasteiger partial charge on any atom is -0.316 e. The molecule has 0 aliphatic rings. The number of hydrogen-bond donors (Lipinski definition) is 2. The van der Waals surface area contributed by atoms with Crippen molar-refractivity contribution in [3.63, 3.8) is 0 Å². The van der Waals surface area contributed by atoms with Crippen molar-refractivity contribution in [3.05, 3.63) is 39.9 Å². The van der Waals surface area contributed by atoms with Crippen LogP contribution in [0.25, 0.3) is 10.6 Å². The first kappa shape index (κ1) is 14.9. The third kappa shape index (κ3) is 3.59. The van der Waals surface area contributed by atoms with Crippen molar-refractivity contribution in [2.24, 2.45) is 5.10 Å². The number of nitrogens with one attached hydrogen (secondary N) is 2. The third-order valence-corrected chi connectivity index (χ3v) is 5.13. The van der Waals surface area contributed by atoms with Gasteiger partial charge < -0.3 is 5.32 Å². The average molecular weight is 348 g/mol. The minimum atomic E-state index is -0.116. The van der Waals surface area contributed by atoms with Gasteiger partial charge in [0.2, 0.25) is 11.0 Å². The summed E-state index contributed by atoms with van der Waals surface area (Å²) in [7, 11) is 0. The number of aromatic nitrogens is 1. The summed E-state index contributed by atoms with van der Waals surface area (Å²) >= 11 is 4.56. The quantitative estimate of drug-likeness (QED) is 0.532. The summed E-state index contributed by atoms with van der Waals surface area (Å²) < 4.78 is 0. The fourth-order valence-electron chi connectivity index (χ4n) is 1.71. The van der Waals surface area contributed by atoms with Gasteiger partial charge in [-0.3, -0.25) is 10.2 Å². The first-order chi connectivity index (χ1) is 10.7. The van der Waals surface area contributed by atoms with Gasteiger partial charge in [0.15, 0.2) is 0 Å². The van der Waals surface area contributed by atoms with Gasteiger partial charge in [0.25, 0.3) is 0 Å². The highest BCUT2D eigenvalue weighted by molar-refractivity contribution is 7.21. The molecule has 8 heteroatoms. The van der Waals surface area contributed by atoms with Crippen LogP contribution in [-0.4, -0.2) is 17.1 Å². The molecule has 5 nitrogen and oxygen atoms in total. The molecule has 112 valence electrons. The van der Waals surface area contributed by atoms with Crippen LogP contribution in [0.4, 0.5) is 10.1 Å². The van der Waals surface area contributed by atoms with Crippen LogP contribution in [0.15, 0.2) is 40.1 Å². The molecule has 0 saturated heterocycles. The Labute approximate surface area is 139 Å². The van der Waals surface area contributed by atoms with Gasteiger partial charge >= 0.3 is 0 Å². The van der Waals surface area contributed by atoms with E-state index in [-0.39, 0.29) is 5.91 Å². The lowest BCUT2D eigenvalue weighted by Gasteiger charge is -1.99. The summed E-state index contributed by atoms with van der Waals surface area (Å²) in [5, 5.41) is 12.3. The van der Waals surface area contributed by atoms with E-state index in [2.05, 4.69) is 20.8 Å². The average Bonchev–Trinajstić information content (AvgIpc) is 3.18. The fraction of sp³-hybridized carbons (Fsp3) is 0.0714. The summed E-state index contributed by atoms with van der Waals surface area (Å²) in [4.78, 5) is 17.9. The van der Waals surface area contributed by atoms with Crippen LogP contribution in [0, 0.1) is 0 Å². The number of anilines is 2. The summed E-state index contributed by atoms with van der Waals surface area (Å²) in [6, 6.07) is 7.89. The second-order valence-electron chi connectivity index (χ2n) is 4.24. The van der Waals surface area contributed by atoms with E-state index >= 15 is 0 Å². The molecule has 0 bridgehead atoms. The second kappa shape index (κ2) is 6.82. The Morgan fingerprint density at radius 3 is 2.77 bits per heavy atom. The zero-order chi connectivity index (χ0) is 15.4. The molecule has 3 aromatic rings. The molecule has 1 amide bonds. The minimum absolute atomic E-state index is 0.116. The Balaban J connectivity index is 1.81. The number of thiophene rings is 2. The smallest absolute Gasteiger partial charge is 0.221 e. The SMILES string of the molecule is CC(=O)Nc1sc(N/N=C\c2cccs2)nc1-c1cccs1. The van der Waals surface area contributed by atoms with E-state index in [1.54, 1.807) is 28.9 Å². The number of thiazole rings is 1. The molecular formula is C14H12N4OS3. The summed E-state index contributed by atoms with van der Waals surface area (Å²) in [6.07, 6.45) is 1.74. The molecular weight excluding hydrogens is 336 g/mol.